The Morgan fingerprint density at radius 1 is 1.38 bits per heavy atom. The SMILES string of the molecule is O=C1CCC(NC(c2ccco2)c2ccc(Cl)s2)C(=O)N1. The molecule has 2 unspecified atom stereocenters. The summed E-state index contributed by atoms with van der Waals surface area (Å²) in [5.41, 5.74) is 0. The van der Waals surface area contributed by atoms with E-state index < -0.39 is 6.04 Å². The second-order valence-corrected chi connectivity index (χ2v) is 6.51. The number of furan rings is 1. The van der Waals surface area contributed by atoms with Crippen molar-refractivity contribution in [3.63, 3.8) is 0 Å². The van der Waals surface area contributed by atoms with Crippen molar-refractivity contribution in [3.05, 3.63) is 45.5 Å². The fraction of sp³-hybridized carbons (Fsp3) is 0.286. The number of rotatable bonds is 4. The third-order valence-corrected chi connectivity index (χ3v) is 4.61. The topological polar surface area (TPSA) is 71.3 Å². The molecule has 1 aliphatic heterocycles. The Hall–Kier alpha value is -1.63. The van der Waals surface area contributed by atoms with Gasteiger partial charge in [-0.15, -0.1) is 11.3 Å². The van der Waals surface area contributed by atoms with Crippen molar-refractivity contribution >= 4 is 34.8 Å². The predicted octanol–water partition coefficient (Wildman–Crippen LogP) is 2.48. The molecule has 0 radical (unpaired) electrons. The minimum atomic E-state index is -0.432. The van der Waals surface area contributed by atoms with E-state index in [9.17, 15) is 9.59 Å². The van der Waals surface area contributed by atoms with Gasteiger partial charge in [-0.3, -0.25) is 20.2 Å². The average molecular weight is 325 g/mol. The maximum Gasteiger partial charge on any atom is 0.243 e. The Balaban J connectivity index is 1.83. The summed E-state index contributed by atoms with van der Waals surface area (Å²) in [4.78, 5) is 24.1. The highest BCUT2D eigenvalue weighted by Crippen LogP contribution is 2.32. The molecular formula is C14H13ClN2O3S. The van der Waals surface area contributed by atoms with Crippen LogP contribution in [0.25, 0.3) is 0 Å². The van der Waals surface area contributed by atoms with Crippen molar-refractivity contribution in [2.45, 2.75) is 24.9 Å². The molecule has 0 saturated carbocycles. The summed E-state index contributed by atoms with van der Waals surface area (Å²) in [6.07, 6.45) is 2.39. The van der Waals surface area contributed by atoms with Crippen LogP contribution in [-0.4, -0.2) is 17.9 Å². The summed E-state index contributed by atoms with van der Waals surface area (Å²) in [6.45, 7) is 0. The molecule has 2 N–H and O–H groups in total. The molecule has 2 atom stereocenters. The third kappa shape index (κ3) is 3.18. The number of amides is 2. The van der Waals surface area contributed by atoms with Gasteiger partial charge < -0.3 is 4.42 Å². The monoisotopic (exact) mass is 324 g/mol. The molecule has 5 nitrogen and oxygen atoms in total. The molecule has 0 aromatic carbocycles. The van der Waals surface area contributed by atoms with Crippen molar-refractivity contribution in [1.82, 2.24) is 10.6 Å². The van der Waals surface area contributed by atoms with Crippen LogP contribution in [0.5, 0.6) is 0 Å². The van der Waals surface area contributed by atoms with Crippen LogP contribution >= 0.6 is 22.9 Å². The lowest BCUT2D eigenvalue weighted by atomic mass is 10.0. The number of hydrogen-bond acceptors (Lipinski definition) is 5. The Morgan fingerprint density at radius 3 is 2.86 bits per heavy atom. The summed E-state index contributed by atoms with van der Waals surface area (Å²) in [7, 11) is 0. The molecule has 110 valence electrons. The molecule has 3 rings (SSSR count). The molecule has 1 fully saturated rings. The number of piperidine rings is 1. The number of nitrogens with one attached hydrogen (secondary N) is 2. The van der Waals surface area contributed by atoms with E-state index in [0.29, 0.717) is 22.9 Å². The first-order valence-corrected chi connectivity index (χ1v) is 7.71. The predicted molar refractivity (Wildman–Crippen MR) is 79.2 cm³/mol. The van der Waals surface area contributed by atoms with E-state index in [4.69, 9.17) is 16.0 Å². The van der Waals surface area contributed by atoms with Crippen LogP contribution in [0.1, 0.15) is 29.5 Å². The molecule has 1 saturated heterocycles. The molecule has 1 aliphatic rings. The second-order valence-electron chi connectivity index (χ2n) is 4.76. The standard InChI is InChI=1S/C14H13ClN2O3S/c15-11-5-4-10(21-11)13(9-2-1-7-20-9)16-8-3-6-12(18)17-14(8)19/h1-2,4-5,7-8,13,16H,3,6H2,(H,17,18,19). The first kappa shape index (κ1) is 14.3. The fourth-order valence-electron chi connectivity index (χ4n) is 2.30. The van der Waals surface area contributed by atoms with Gasteiger partial charge in [-0.1, -0.05) is 11.6 Å². The minimum Gasteiger partial charge on any atom is -0.467 e. The largest absolute Gasteiger partial charge is 0.467 e. The lowest BCUT2D eigenvalue weighted by molar-refractivity contribution is -0.134. The van der Waals surface area contributed by atoms with Gasteiger partial charge in [0.1, 0.15) is 11.8 Å². The van der Waals surface area contributed by atoms with E-state index in [1.807, 2.05) is 18.2 Å². The van der Waals surface area contributed by atoms with E-state index in [1.54, 1.807) is 12.3 Å². The number of carbonyl (C=O) groups excluding carboxylic acids is 2. The number of thiophene rings is 1. The fourth-order valence-corrected chi connectivity index (χ4v) is 3.43. The van der Waals surface area contributed by atoms with Gasteiger partial charge in [0.25, 0.3) is 0 Å². The zero-order valence-electron chi connectivity index (χ0n) is 11.0. The van der Waals surface area contributed by atoms with Gasteiger partial charge in [0.15, 0.2) is 0 Å². The van der Waals surface area contributed by atoms with Crippen LogP contribution in [0.2, 0.25) is 4.34 Å². The van der Waals surface area contributed by atoms with Gasteiger partial charge >= 0.3 is 0 Å². The van der Waals surface area contributed by atoms with Crippen molar-refractivity contribution in [3.8, 4) is 0 Å². The Morgan fingerprint density at radius 2 is 2.24 bits per heavy atom. The number of hydrogen-bond donors (Lipinski definition) is 2. The number of carbonyl (C=O) groups is 2. The third-order valence-electron chi connectivity index (χ3n) is 3.31. The highest BCUT2D eigenvalue weighted by atomic mass is 35.5. The summed E-state index contributed by atoms with van der Waals surface area (Å²) >= 11 is 7.42. The molecule has 7 heteroatoms. The zero-order chi connectivity index (χ0) is 14.8. The molecular weight excluding hydrogens is 312 g/mol. The van der Waals surface area contributed by atoms with Crippen LogP contribution in [-0.2, 0) is 9.59 Å². The molecule has 2 amide bonds. The van der Waals surface area contributed by atoms with Crippen LogP contribution in [0.15, 0.2) is 34.9 Å². The lowest BCUT2D eigenvalue weighted by Gasteiger charge is -2.26. The quantitative estimate of drug-likeness (QED) is 0.848. The number of halogens is 1. The van der Waals surface area contributed by atoms with Gasteiger partial charge in [-0.25, -0.2) is 0 Å². The molecule has 2 aromatic heterocycles. The molecule has 3 heterocycles. The Labute approximate surface area is 130 Å². The molecule has 0 bridgehead atoms. The summed E-state index contributed by atoms with van der Waals surface area (Å²) in [5, 5.41) is 5.60. The van der Waals surface area contributed by atoms with Crippen molar-refractivity contribution in [2.75, 3.05) is 0 Å². The number of imide groups is 1. The van der Waals surface area contributed by atoms with Crippen LogP contribution in [0.4, 0.5) is 0 Å². The van der Waals surface area contributed by atoms with Gasteiger partial charge in [0, 0.05) is 11.3 Å². The highest BCUT2D eigenvalue weighted by Gasteiger charge is 2.30. The molecule has 0 aliphatic carbocycles. The average Bonchev–Trinajstić information content (AvgIpc) is 3.09. The zero-order valence-corrected chi connectivity index (χ0v) is 12.5. The first-order chi connectivity index (χ1) is 10.1. The molecule has 21 heavy (non-hydrogen) atoms. The highest BCUT2D eigenvalue weighted by molar-refractivity contribution is 7.16. The van der Waals surface area contributed by atoms with Gasteiger partial charge in [-0.2, -0.15) is 0 Å². The Kier molecular flexibility index (Phi) is 4.10. The van der Waals surface area contributed by atoms with Crippen molar-refractivity contribution < 1.29 is 14.0 Å². The van der Waals surface area contributed by atoms with Crippen LogP contribution in [0.3, 0.4) is 0 Å². The van der Waals surface area contributed by atoms with E-state index in [2.05, 4.69) is 10.6 Å². The summed E-state index contributed by atoms with van der Waals surface area (Å²) < 4.78 is 6.13. The molecule has 2 aromatic rings. The Bertz CT molecular complexity index is 653. The lowest BCUT2D eigenvalue weighted by Crippen LogP contribution is -2.51. The maximum absolute atomic E-state index is 11.9. The van der Waals surface area contributed by atoms with E-state index >= 15 is 0 Å². The normalized spacial score (nSPS) is 20.3. The van der Waals surface area contributed by atoms with E-state index in [-0.39, 0.29) is 17.9 Å². The van der Waals surface area contributed by atoms with Gasteiger partial charge in [0.05, 0.1) is 16.6 Å². The van der Waals surface area contributed by atoms with E-state index in [0.717, 1.165) is 4.88 Å². The van der Waals surface area contributed by atoms with Gasteiger partial charge in [0.2, 0.25) is 11.8 Å². The van der Waals surface area contributed by atoms with Crippen LogP contribution < -0.4 is 10.6 Å². The molecule has 0 spiro atoms. The summed E-state index contributed by atoms with van der Waals surface area (Å²) in [5.74, 6) is 0.176. The van der Waals surface area contributed by atoms with E-state index in [1.165, 1.54) is 11.3 Å². The van der Waals surface area contributed by atoms with Crippen molar-refractivity contribution in [2.24, 2.45) is 0 Å². The first-order valence-electron chi connectivity index (χ1n) is 6.52. The smallest absolute Gasteiger partial charge is 0.243 e. The minimum absolute atomic E-state index is 0.230. The van der Waals surface area contributed by atoms with Crippen LogP contribution in [0, 0.1) is 0 Å². The second kappa shape index (κ2) is 6.01. The maximum atomic E-state index is 11.9. The summed E-state index contributed by atoms with van der Waals surface area (Å²) in [6, 6.07) is 6.66. The van der Waals surface area contributed by atoms with Gasteiger partial charge in [-0.05, 0) is 30.7 Å². The van der Waals surface area contributed by atoms with Crippen molar-refractivity contribution in [1.29, 1.82) is 0 Å².